The fourth-order valence-electron chi connectivity index (χ4n) is 3.09. The number of nitrogens with zero attached hydrogens (tertiary/aromatic N) is 1. The van der Waals surface area contributed by atoms with E-state index in [-0.39, 0.29) is 17.8 Å². The Bertz CT molecular complexity index is 577. The van der Waals surface area contributed by atoms with Crippen molar-refractivity contribution in [2.24, 2.45) is 11.8 Å². The van der Waals surface area contributed by atoms with Crippen LogP contribution in [0, 0.1) is 11.8 Å². The molecule has 0 saturated carbocycles. The number of para-hydroxylation sites is 1. The summed E-state index contributed by atoms with van der Waals surface area (Å²) in [5, 5.41) is 0. The summed E-state index contributed by atoms with van der Waals surface area (Å²) in [5.41, 5.74) is 0.569. The Morgan fingerprint density at radius 2 is 1.88 bits per heavy atom. The van der Waals surface area contributed by atoms with Crippen molar-refractivity contribution in [3.8, 4) is 5.75 Å². The molecule has 5 heteroatoms. The molecule has 0 radical (unpaired) electrons. The average molecular weight is 347 g/mol. The molecule has 5 nitrogen and oxygen atoms in total. The lowest BCUT2D eigenvalue weighted by Crippen LogP contribution is -2.40. The maximum Gasteiger partial charge on any atom is 0.309 e. The van der Waals surface area contributed by atoms with Crippen molar-refractivity contribution in [1.29, 1.82) is 0 Å². The normalized spacial score (nSPS) is 15.3. The second-order valence-electron chi connectivity index (χ2n) is 6.97. The Kier molecular flexibility index (Phi) is 7.29. The van der Waals surface area contributed by atoms with E-state index in [9.17, 15) is 9.59 Å². The summed E-state index contributed by atoms with van der Waals surface area (Å²) in [7, 11) is 1.56. The van der Waals surface area contributed by atoms with Crippen LogP contribution in [0.15, 0.2) is 24.3 Å². The van der Waals surface area contributed by atoms with Crippen LogP contribution in [0.25, 0.3) is 0 Å². The molecule has 2 rings (SSSR count). The topological polar surface area (TPSA) is 55.8 Å². The van der Waals surface area contributed by atoms with Gasteiger partial charge in [-0.2, -0.15) is 0 Å². The maximum atomic E-state index is 12.7. The van der Waals surface area contributed by atoms with Crippen LogP contribution in [0.2, 0.25) is 0 Å². The summed E-state index contributed by atoms with van der Waals surface area (Å²) in [6, 6.07) is 7.24. The highest BCUT2D eigenvalue weighted by atomic mass is 16.5. The SMILES string of the molecule is COc1ccccc1C(=O)N1CCC(C(=O)OCCCC(C)C)CC1. The Balaban J connectivity index is 1.81. The van der Waals surface area contributed by atoms with Crippen molar-refractivity contribution >= 4 is 11.9 Å². The zero-order valence-corrected chi connectivity index (χ0v) is 15.5. The van der Waals surface area contributed by atoms with E-state index in [0.29, 0.717) is 49.8 Å². The average Bonchev–Trinajstić information content (AvgIpc) is 2.64. The summed E-state index contributed by atoms with van der Waals surface area (Å²) in [5.74, 6) is 0.956. The fraction of sp³-hybridized carbons (Fsp3) is 0.600. The molecule has 0 spiro atoms. The van der Waals surface area contributed by atoms with Crippen LogP contribution in [0.3, 0.4) is 0 Å². The number of hydrogen-bond acceptors (Lipinski definition) is 4. The van der Waals surface area contributed by atoms with Crippen molar-refractivity contribution in [2.75, 3.05) is 26.8 Å². The predicted molar refractivity (Wildman–Crippen MR) is 96.7 cm³/mol. The molecule has 0 aromatic heterocycles. The van der Waals surface area contributed by atoms with Gasteiger partial charge in [-0.25, -0.2) is 0 Å². The minimum Gasteiger partial charge on any atom is -0.496 e. The lowest BCUT2D eigenvalue weighted by Gasteiger charge is -2.31. The van der Waals surface area contributed by atoms with Crippen LogP contribution in [0.5, 0.6) is 5.75 Å². The lowest BCUT2D eigenvalue weighted by molar-refractivity contribution is -0.150. The van der Waals surface area contributed by atoms with Crippen molar-refractivity contribution < 1.29 is 19.1 Å². The van der Waals surface area contributed by atoms with E-state index >= 15 is 0 Å². The van der Waals surface area contributed by atoms with E-state index in [1.807, 2.05) is 12.1 Å². The molecule has 25 heavy (non-hydrogen) atoms. The number of benzene rings is 1. The molecule has 1 fully saturated rings. The first-order chi connectivity index (χ1) is 12.0. The number of carbonyl (C=O) groups excluding carboxylic acids is 2. The summed E-state index contributed by atoms with van der Waals surface area (Å²) in [4.78, 5) is 26.6. The van der Waals surface area contributed by atoms with Crippen LogP contribution in [0.4, 0.5) is 0 Å². The Morgan fingerprint density at radius 1 is 1.20 bits per heavy atom. The summed E-state index contributed by atoms with van der Waals surface area (Å²) >= 11 is 0. The second-order valence-corrected chi connectivity index (χ2v) is 6.97. The number of ether oxygens (including phenoxy) is 2. The fourth-order valence-corrected chi connectivity index (χ4v) is 3.09. The monoisotopic (exact) mass is 347 g/mol. The van der Waals surface area contributed by atoms with Crippen LogP contribution in [-0.4, -0.2) is 43.6 Å². The first kappa shape index (κ1) is 19.3. The molecule has 0 atom stereocenters. The van der Waals surface area contributed by atoms with Gasteiger partial charge in [-0.3, -0.25) is 9.59 Å². The maximum absolute atomic E-state index is 12.7. The first-order valence-electron chi connectivity index (χ1n) is 9.11. The number of amides is 1. The standard InChI is InChI=1S/C20H29NO4/c1-15(2)7-6-14-25-20(23)16-10-12-21(13-11-16)19(22)17-8-4-5-9-18(17)24-3/h4-5,8-9,15-16H,6-7,10-14H2,1-3H3. The van der Waals surface area contributed by atoms with Gasteiger partial charge in [0.25, 0.3) is 5.91 Å². The van der Waals surface area contributed by atoms with Gasteiger partial charge in [-0.1, -0.05) is 26.0 Å². The smallest absolute Gasteiger partial charge is 0.309 e. The van der Waals surface area contributed by atoms with Gasteiger partial charge in [0.2, 0.25) is 0 Å². The highest BCUT2D eigenvalue weighted by molar-refractivity contribution is 5.97. The molecule has 0 bridgehead atoms. The summed E-state index contributed by atoms with van der Waals surface area (Å²) in [6.07, 6.45) is 3.29. The highest BCUT2D eigenvalue weighted by Crippen LogP contribution is 2.24. The van der Waals surface area contributed by atoms with Gasteiger partial charge in [0.05, 0.1) is 25.2 Å². The minimum atomic E-state index is -0.117. The second kappa shape index (κ2) is 9.44. The quantitative estimate of drug-likeness (QED) is 0.559. The zero-order valence-electron chi connectivity index (χ0n) is 15.5. The molecule has 1 heterocycles. The van der Waals surface area contributed by atoms with E-state index in [2.05, 4.69) is 13.8 Å². The molecular weight excluding hydrogens is 318 g/mol. The number of likely N-dealkylation sites (tertiary alicyclic amines) is 1. The third-order valence-electron chi connectivity index (χ3n) is 4.62. The van der Waals surface area contributed by atoms with Crippen LogP contribution >= 0.6 is 0 Å². The van der Waals surface area contributed by atoms with Crippen LogP contribution < -0.4 is 4.74 Å². The molecule has 0 aliphatic carbocycles. The molecule has 0 unspecified atom stereocenters. The van der Waals surface area contributed by atoms with E-state index in [4.69, 9.17) is 9.47 Å². The molecule has 1 saturated heterocycles. The minimum absolute atomic E-state index is 0.0406. The third-order valence-corrected chi connectivity index (χ3v) is 4.62. The molecule has 0 N–H and O–H groups in total. The highest BCUT2D eigenvalue weighted by Gasteiger charge is 2.29. The molecule has 1 aromatic carbocycles. The number of hydrogen-bond donors (Lipinski definition) is 0. The lowest BCUT2D eigenvalue weighted by atomic mass is 9.96. The van der Waals surface area contributed by atoms with Gasteiger partial charge in [0.15, 0.2) is 0 Å². The number of esters is 1. The first-order valence-corrected chi connectivity index (χ1v) is 9.11. The number of rotatable bonds is 7. The Hall–Kier alpha value is -2.04. The van der Waals surface area contributed by atoms with E-state index < -0.39 is 0 Å². The Labute approximate surface area is 150 Å². The number of methoxy groups -OCH3 is 1. The third kappa shape index (κ3) is 5.48. The largest absolute Gasteiger partial charge is 0.496 e. The van der Waals surface area contributed by atoms with Gasteiger partial charge >= 0.3 is 5.97 Å². The number of carbonyl (C=O) groups is 2. The van der Waals surface area contributed by atoms with Gasteiger partial charge in [0, 0.05) is 13.1 Å². The Morgan fingerprint density at radius 3 is 2.52 bits per heavy atom. The van der Waals surface area contributed by atoms with Crippen molar-refractivity contribution in [3.05, 3.63) is 29.8 Å². The van der Waals surface area contributed by atoms with E-state index in [0.717, 1.165) is 12.8 Å². The van der Waals surface area contributed by atoms with E-state index in [1.54, 1.807) is 24.1 Å². The van der Waals surface area contributed by atoms with Crippen LogP contribution in [0.1, 0.15) is 49.9 Å². The molecular formula is C20H29NO4. The molecule has 1 aliphatic rings. The summed E-state index contributed by atoms with van der Waals surface area (Å²) in [6.45, 7) is 5.97. The molecule has 1 amide bonds. The van der Waals surface area contributed by atoms with Crippen molar-refractivity contribution in [2.45, 2.75) is 39.5 Å². The zero-order chi connectivity index (χ0) is 18.2. The van der Waals surface area contributed by atoms with Gasteiger partial charge in [-0.05, 0) is 43.7 Å². The predicted octanol–water partition coefficient (Wildman–Crippen LogP) is 3.53. The van der Waals surface area contributed by atoms with Gasteiger partial charge in [-0.15, -0.1) is 0 Å². The molecule has 1 aromatic rings. The van der Waals surface area contributed by atoms with Crippen LogP contribution in [-0.2, 0) is 9.53 Å². The molecule has 1 aliphatic heterocycles. The number of piperidine rings is 1. The molecule has 138 valence electrons. The van der Waals surface area contributed by atoms with Crippen molar-refractivity contribution in [1.82, 2.24) is 4.90 Å². The van der Waals surface area contributed by atoms with Gasteiger partial charge < -0.3 is 14.4 Å². The van der Waals surface area contributed by atoms with Gasteiger partial charge in [0.1, 0.15) is 5.75 Å². The van der Waals surface area contributed by atoms with Crippen molar-refractivity contribution in [3.63, 3.8) is 0 Å². The summed E-state index contributed by atoms with van der Waals surface area (Å²) < 4.78 is 10.7. The van der Waals surface area contributed by atoms with E-state index in [1.165, 1.54) is 0 Å².